The maximum atomic E-state index is 5.86. The number of rotatable bonds is 3. The van der Waals surface area contributed by atoms with Gasteiger partial charge in [0.2, 0.25) is 0 Å². The van der Waals surface area contributed by atoms with Crippen LogP contribution < -0.4 is 0 Å². The van der Waals surface area contributed by atoms with Crippen LogP contribution in [0.4, 0.5) is 0 Å². The van der Waals surface area contributed by atoms with E-state index in [9.17, 15) is 0 Å². The molecular formula is C14H14ClN. The predicted molar refractivity (Wildman–Crippen MR) is 67.8 cm³/mol. The van der Waals surface area contributed by atoms with Crippen molar-refractivity contribution in [3.8, 4) is 0 Å². The molecule has 1 nitrogen and oxygen atoms in total. The molecule has 0 spiro atoms. The molecule has 0 bridgehead atoms. The summed E-state index contributed by atoms with van der Waals surface area (Å²) in [7, 11) is 0. The Balaban J connectivity index is 2.09. The largest absolute Gasteiger partial charge is 0.261 e. The van der Waals surface area contributed by atoms with Crippen LogP contribution in [0, 0.1) is 0 Å². The van der Waals surface area contributed by atoms with E-state index in [0.29, 0.717) is 5.92 Å². The number of hydrogen-bond acceptors (Lipinski definition) is 1. The lowest BCUT2D eigenvalue weighted by Gasteiger charge is -2.11. The number of aromatic nitrogens is 1. The standard InChI is InChI=1S/C14H14ClN/c1-11(10-14-4-2-3-9-16-14)12-5-7-13(15)8-6-12/h2-9,11H,10H2,1H3/t11-/m0/s1. The first-order valence-corrected chi connectivity index (χ1v) is 5.79. The quantitative estimate of drug-likeness (QED) is 0.776. The van der Waals surface area contributed by atoms with Crippen molar-refractivity contribution in [2.24, 2.45) is 0 Å². The van der Waals surface area contributed by atoms with Gasteiger partial charge in [-0.15, -0.1) is 0 Å². The van der Waals surface area contributed by atoms with E-state index in [0.717, 1.165) is 17.1 Å². The van der Waals surface area contributed by atoms with E-state index < -0.39 is 0 Å². The number of hydrogen-bond donors (Lipinski definition) is 0. The molecule has 0 radical (unpaired) electrons. The molecule has 1 atom stereocenters. The molecule has 0 aliphatic rings. The van der Waals surface area contributed by atoms with Crippen molar-refractivity contribution < 1.29 is 0 Å². The molecule has 16 heavy (non-hydrogen) atoms. The van der Waals surface area contributed by atoms with Crippen LogP contribution in [0.2, 0.25) is 5.02 Å². The minimum absolute atomic E-state index is 0.465. The summed E-state index contributed by atoms with van der Waals surface area (Å²) in [6, 6.07) is 14.1. The fourth-order valence-corrected chi connectivity index (χ4v) is 1.87. The highest BCUT2D eigenvalue weighted by Gasteiger charge is 2.06. The zero-order valence-electron chi connectivity index (χ0n) is 9.23. The average molecular weight is 232 g/mol. The highest BCUT2D eigenvalue weighted by molar-refractivity contribution is 6.30. The summed E-state index contributed by atoms with van der Waals surface area (Å²) < 4.78 is 0. The molecule has 1 aromatic heterocycles. The Hall–Kier alpha value is -1.34. The zero-order chi connectivity index (χ0) is 11.4. The Morgan fingerprint density at radius 3 is 2.50 bits per heavy atom. The number of halogens is 1. The van der Waals surface area contributed by atoms with E-state index in [-0.39, 0.29) is 0 Å². The molecule has 2 heteroatoms. The van der Waals surface area contributed by atoms with E-state index in [2.05, 4.69) is 30.1 Å². The van der Waals surface area contributed by atoms with Crippen molar-refractivity contribution in [1.29, 1.82) is 0 Å². The maximum absolute atomic E-state index is 5.86. The van der Waals surface area contributed by atoms with E-state index in [4.69, 9.17) is 11.6 Å². The van der Waals surface area contributed by atoms with E-state index >= 15 is 0 Å². The van der Waals surface area contributed by atoms with E-state index in [1.807, 2.05) is 30.5 Å². The first kappa shape index (κ1) is 11.2. The highest BCUT2D eigenvalue weighted by atomic mass is 35.5. The smallest absolute Gasteiger partial charge is 0.0409 e. The second kappa shape index (κ2) is 5.13. The molecular weight excluding hydrogens is 218 g/mol. The lowest BCUT2D eigenvalue weighted by molar-refractivity contribution is 0.741. The van der Waals surface area contributed by atoms with Crippen LogP contribution in [-0.4, -0.2) is 4.98 Å². The minimum atomic E-state index is 0.465. The van der Waals surface area contributed by atoms with Crippen LogP contribution in [0.5, 0.6) is 0 Å². The molecule has 0 aliphatic heterocycles. The lowest BCUT2D eigenvalue weighted by atomic mass is 9.96. The molecule has 0 aliphatic carbocycles. The fourth-order valence-electron chi connectivity index (χ4n) is 1.74. The van der Waals surface area contributed by atoms with Gasteiger partial charge in [0.1, 0.15) is 0 Å². The van der Waals surface area contributed by atoms with Gasteiger partial charge in [-0.3, -0.25) is 4.98 Å². The van der Waals surface area contributed by atoms with Gasteiger partial charge in [-0.25, -0.2) is 0 Å². The van der Waals surface area contributed by atoms with Gasteiger partial charge in [-0.1, -0.05) is 36.7 Å². The average Bonchev–Trinajstić information content (AvgIpc) is 2.31. The monoisotopic (exact) mass is 231 g/mol. The molecule has 0 fully saturated rings. The first-order chi connectivity index (χ1) is 7.75. The third kappa shape index (κ3) is 2.83. The van der Waals surface area contributed by atoms with Crippen molar-refractivity contribution in [2.75, 3.05) is 0 Å². The first-order valence-electron chi connectivity index (χ1n) is 5.41. The summed E-state index contributed by atoms with van der Waals surface area (Å²) in [5, 5.41) is 0.786. The second-order valence-corrected chi connectivity index (χ2v) is 4.41. The molecule has 0 saturated carbocycles. The fraction of sp³-hybridized carbons (Fsp3) is 0.214. The topological polar surface area (TPSA) is 12.9 Å². The molecule has 0 unspecified atom stereocenters. The molecule has 0 N–H and O–H groups in total. The molecule has 82 valence electrons. The number of nitrogens with zero attached hydrogens (tertiary/aromatic N) is 1. The van der Waals surface area contributed by atoms with Gasteiger partial charge >= 0.3 is 0 Å². The van der Waals surface area contributed by atoms with E-state index in [1.165, 1.54) is 5.56 Å². The number of benzene rings is 1. The molecule has 2 aromatic rings. The van der Waals surface area contributed by atoms with Crippen molar-refractivity contribution in [2.45, 2.75) is 19.3 Å². The summed E-state index contributed by atoms with van der Waals surface area (Å²) in [4.78, 5) is 4.34. The van der Waals surface area contributed by atoms with Crippen LogP contribution in [-0.2, 0) is 6.42 Å². The normalized spacial score (nSPS) is 12.4. The third-order valence-electron chi connectivity index (χ3n) is 2.68. The van der Waals surface area contributed by atoms with Crippen LogP contribution in [0.15, 0.2) is 48.7 Å². The van der Waals surface area contributed by atoms with Gasteiger partial charge in [-0.2, -0.15) is 0 Å². The summed E-state index contributed by atoms with van der Waals surface area (Å²) in [6.45, 7) is 2.21. The Bertz CT molecular complexity index is 436. The molecule has 0 saturated heterocycles. The van der Waals surface area contributed by atoms with Crippen LogP contribution >= 0.6 is 11.6 Å². The summed E-state index contributed by atoms with van der Waals surface area (Å²) in [5.74, 6) is 0.465. The van der Waals surface area contributed by atoms with Gasteiger partial charge in [0.15, 0.2) is 0 Å². The van der Waals surface area contributed by atoms with Gasteiger partial charge in [-0.05, 0) is 42.2 Å². The van der Waals surface area contributed by atoms with Gasteiger partial charge < -0.3 is 0 Å². The van der Waals surface area contributed by atoms with Gasteiger partial charge in [0.25, 0.3) is 0 Å². The Labute approximate surface area is 101 Å². The van der Waals surface area contributed by atoms with Crippen LogP contribution in [0.3, 0.4) is 0 Å². The lowest BCUT2D eigenvalue weighted by Crippen LogP contribution is -1.99. The highest BCUT2D eigenvalue weighted by Crippen LogP contribution is 2.21. The molecule has 1 aromatic carbocycles. The molecule has 2 rings (SSSR count). The Kier molecular flexibility index (Phi) is 3.58. The Morgan fingerprint density at radius 1 is 1.12 bits per heavy atom. The SMILES string of the molecule is C[C@@H](Cc1ccccn1)c1ccc(Cl)cc1. The minimum Gasteiger partial charge on any atom is -0.261 e. The van der Waals surface area contributed by atoms with Crippen molar-refractivity contribution in [3.63, 3.8) is 0 Å². The van der Waals surface area contributed by atoms with Crippen LogP contribution in [0.1, 0.15) is 24.1 Å². The van der Waals surface area contributed by atoms with Crippen molar-refractivity contribution >= 4 is 11.6 Å². The molecule has 1 heterocycles. The second-order valence-electron chi connectivity index (χ2n) is 3.98. The van der Waals surface area contributed by atoms with Gasteiger partial charge in [0.05, 0.1) is 0 Å². The zero-order valence-corrected chi connectivity index (χ0v) is 9.98. The predicted octanol–water partition coefficient (Wildman–Crippen LogP) is 4.08. The third-order valence-corrected chi connectivity index (χ3v) is 2.93. The summed E-state index contributed by atoms with van der Waals surface area (Å²) in [5.41, 5.74) is 2.43. The van der Waals surface area contributed by atoms with Crippen LogP contribution in [0.25, 0.3) is 0 Å². The Morgan fingerprint density at radius 2 is 1.88 bits per heavy atom. The van der Waals surface area contributed by atoms with E-state index in [1.54, 1.807) is 0 Å². The van der Waals surface area contributed by atoms with Gasteiger partial charge in [0, 0.05) is 16.9 Å². The summed E-state index contributed by atoms with van der Waals surface area (Å²) in [6.07, 6.45) is 2.80. The number of pyridine rings is 1. The van der Waals surface area contributed by atoms with Crippen molar-refractivity contribution in [3.05, 3.63) is 64.9 Å². The van der Waals surface area contributed by atoms with Crippen molar-refractivity contribution in [1.82, 2.24) is 4.98 Å². The maximum Gasteiger partial charge on any atom is 0.0409 e. The molecule has 0 amide bonds. The summed E-state index contributed by atoms with van der Waals surface area (Å²) >= 11 is 5.86.